The Morgan fingerprint density at radius 2 is 1.80 bits per heavy atom. The average molecular weight is 633 g/mol. The summed E-state index contributed by atoms with van der Waals surface area (Å²) in [5, 5.41) is 10.7. The normalized spacial score (nSPS) is 18.6. The molecule has 2 unspecified atom stereocenters. The Bertz CT molecular complexity index is 1550. The van der Waals surface area contributed by atoms with Crippen LogP contribution < -0.4 is 9.64 Å². The van der Waals surface area contributed by atoms with Gasteiger partial charge < -0.3 is 24.2 Å². The van der Waals surface area contributed by atoms with Crippen molar-refractivity contribution in [2.24, 2.45) is 5.41 Å². The number of rotatable bonds is 8. The van der Waals surface area contributed by atoms with Crippen LogP contribution in [0, 0.1) is 18.2 Å². The molecule has 0 amide bonds. The molecule has 0 saturated carbocycles. The fourth-order valence-electron chi connectivity index (χ4n) is 6.49. The minimum atomic E-state index is -1.01. The van der Waals surface area contributed by atoms with Gasteiger partial charge in [-0.1, -0.05) is 32.0 Å². The Balaban J connectivity index is 1.66. The molecule has 248 valence electrons. The first-order valence-electron chi connectivity index (χ1n) is 16.5. The molecule has 3 heterocycles. The number of aromatic nitrogens is 1. The number of esters is 1. The van der Waals surface area contributed by atoms with E-state index in [0.717, 1.165) is 72.5 Å². The van der Waals surface area contributed by atoms with Crippen LogP contribution in [-0.2, 0) is 27.3 Å². The number of piperidine rings is 1. The molecule has 46 heavy (non-hydrogen) atoms. The van der Waals surface area contributed by atoms with Crippen molar-refractivity contribution in [2.75, 3.05) is 18.0 Å². The molecule has 0 spiro atoms. The topological polar surface area (TPSA) is 81.1 Å². The van der Waals surface area contributed by atoms with Gasteiger partial charge in [-0.15, -0.1) is 0 Å². The third-order valence-electron chi connectivity index (χ3n) is 8.89. The molecule has 0 radical (unpaired) electrons. The largest absolute Gasteiger partial charge is 0.485 e. The highest BCUT2D eigenvalue weighted by Gasteiger charge is 2.38. The molecule has 2 aliphatic rings. The fraction of sp³-hybridized carbons (Fsp3) is 0.526. The predicted octanol–water partition coefficient (Wildman–Crippen LogP) is 8.19. The second kappa shape index (κ2) is 13.3. The van der Waals surface area contributed by atoms with Gasteiger partial charge in [-0.2, -0.15) is 0 Å². The van der Waals surface area contributed by atoms with Crippen molar-refractivity contribution in [1.29, 1.82) is 0 Å². The third kappa shape index (κ3) is 7.55. The van der Waals surface area contributed by atoms with Crippen molar-refractivity contribution < 1.29 is 28.5 Å². The lowest BCUT2D eigenvalue weighted by atomic mass is 9.81. The highest BCUT2D eigenvalue weighted by molar-refractivity contribution is 5.89. The van der Waals surface area contributed by atoms with Gasteiger partial charge in [-0.3, -0.25) is 4.98 Å². The lowest BCUT2D eigenvalue weighted by molar-refractivity contribution is -0.171. The van der Waals surface area contributed by atoms with E-state index >= 15 is 0 Å². The number of carbonyl (C=O) groups excluding carboxylic acids is 1. The zero-order chi connectivity index (χ0) is 33.4. The molecule has 2 aliphatic heterocycles. The van der Waals surface area contributed by atoms with E-state index in [2.05, 4.69) is 24.8 Å². The fourth-order valence-corrected chi connectivity index (χ4v) is 6.49. The number of nitrogens with zero attached hydrogens (tertiary/aromatic N) is 2. The molecule has 2 atom stereocenters. The zero-order valence-corrected chi connectivity index (χ0v) is 28.6. The van der Waals surface area contributed by atoms with Crippen molar-refractivity contribution in [3.05, 3.63) is 76.4 Å². The Morgan fingerprint density at radius 3 is 2.41 bits per heavy atom. The highest BCUT2D eigenvalue weighted by Crippen LogP contribution is 2.47. The second-order valence-electron chi connectivity index (χ2n) is 14.7. The van der Waals surface area contributed by atoms with Crippen LogP contribution in [0.2, 0.25) is 0 Å². The summed E-state index contributed by atoms with van der Waals surface area (Å²) >= 11 is 0. The summed E-state index contributed by atoms with van der Waals surface area (Å²) in [5.74, 6) is 0.0590. The van der Waals surface area contributed by atoms with Crippen molar-refractivity contribution in [3.63, 3.8) is 0 Å². The SMILES string of the molecule is Cc1nc(CO)c(-c2ccc3c(c2)CCC(c2ccc(F)cc2)O3)c(N2CCC(C)(C)CC2)c1C(OC(C)(C)C)C(=O)OC(C)C. The van der Waals surface area contributed by atoms with Gasteiger partial charge in [0.2, 0.25) is 0 Å². The molecule has 0 aliphatic carbocycles. The molecule has 1 fully saturated rings. The number of aliphatic hydroxyl groups is 1. The van der Waals surface area contributed by atoms with Crippen LogP contribution in [0.4, 0.5) is 10.1 Å². The first-order chi connectivity index (χ1) is 21.7. The minimum absolute atomic E-state index is 0.158. The summed E-state index contributed by atoms with van der Waals surface area (Å²) in [5.41, 5.74) is 5.96. The van der Waals surface area contributed by atoms with Crippen LogP contribution in [0.1, 0.15) is 108 Å². The molecule has 7 nitrogen and oxygen atoms in total. The summed E-state index contributed by atoms with van der Waals surface area (Å²) in [6.07, 6.45) is 2.00. The molecule has 1 aromatic heterocycles. The van der Waals surface area contributed by atoms with E-state index in [9.17, 15) is 14.3 Å². The van der Waals surface area contributed by atoms with E-state index in [1.165, 1.54) is 12.1 Å². The monoisotopic (exact) mass is 632 g/mol. The van der Waals surface area contributed by atoms with Crippen LogP contribution in [-0.4, -0.2) is 40.9 Å². The Kier molecular flexibility index (Phi) is 9.81. The van der Waals surface area contributed by atoms with Crippen molar-refractivity contribution >= 4 is 11.7 Å². The third-order valence-corrected chi connectivity index (χ3v) is 8.89. The van der Waals surface area contributed by atoms with Crippen molar-refractivity contribution in [2.45, 2.75) is 112 Å². The van der Waals surface area contributed by atoms with Crippen molar-refractivity contribution in [3.8, 4) is 16.9 Å². The van der Waals surface area contributed by atoms with E-state index in [1.54, 1.807) is 12.1 Å². The number of anilines is 1. The quantitative estimate of drug-likeness (QED) is 0.251. The lowest BCUT2D eigenvalue weighted by Gasteiger charge is -2.41. The van der Waals surface area contributed by atoms with E-state index in [-0.39, 0.29) is 30.0 Å². The maximum Gasteiger partial charge on any atom is 0.340 e. The van der Waals surface area contributed by atoms with Gasteiger partial charge in [0.05, 0.1) is 29.7 Å². The smallest absolute Gasteiger partial charge is 0.340 e. The van der Waals surface area contributed by atoms with Gasteiger partial charge in [0.25, 0.3) is 0 Å². The van der Waals surface area contributed by atoms with E-state index in [4.69, 9.17) is 19.2 Å². The number of hydrogen-bond acceptors (Lipinski definition) is 7. The average Bonchev–Trinajstić information content (AvgIpc) is 2.98. The molecule has 1 N–H and O–H groups in total. The summed E-state index contributed by atoms with van der Waals surface area (Å²) in [4.78, 5) is 21.1. The Morgan fingerprint density at radius 1 is 1.13 bits per heavy atom. The first-order valence-corrected chi connectivity index (χ1v) is 16.5. The van der Waals surface area contributed by atoms with Gasteiger partial charge in [0, 0.05) is 29.9 Å². The number of halogens is 1. The number of pyridine rings is 1. The molecule has 3 aromatic rings. The van der Waals surface area contributed by atoms with Gasteiger partial charge >= 0.3 is 5.97 Å². The molecule has 1 saturated heterocycles. The van der Waals surface area contributed by atoms with Crippen molar-refractivity contribution in [1.82, 2.24) is 4.98 Å². The number of aliphatic hydroxyl groups excluding tert-OH is 1. The lowest BCUT2D eigenvalue weighted by Crippen LogP contribution is -2.39. The number of benzene rings is 2. The molecular formula is C38H49FN2O5. The maximum atomic E-state index is 13.8. The van der Waals surface area contributed by atoms with Gasteiger partial charge in [-0.05, 0) is 114 Å². The van der Waals surface area contributed by atoms with Crippen LogP contribution >= 0.6 is 0 Å². The van der Waals surface area contributed by atoms with E-state index < -0.39 is 17.7 Å². The van der Waals surface area contributed by atoms with Crippen LogP contribution in [0.15, 0.2) is 42.5 Å². The number of carbonyl (C=O) groups is 1. The number of aryl methyl sites for hydroxylation is 2. The Hall–Kier alpha value is -3.49. The zero-order valence-electron chi connectivity index (χ0n) is 28.6. The predicted molar refractivity (Wildman–Crippen MR) is 178 cm³/mol. The van der Waals surface area contributed by atoms with Gasteiger partial charge in [0.15, 0.2) is 6.10 Å². The molecule has 0 bridgehead atoms. The highest BCUT2D eigenvalue weighted by atomic mass is 19.1. The second-order valence-corrected chi connectivity index (χ2v) is 14.7. The summed E-state index contributed by atoms with van der Waals surface area (Å²) in [7, 11) is 0. The number of fused-ring (bicyclic) bond motifs is 1. The van der Waals surface area contributed by atoms with Crippen LogP contribution in [0.5, 0.6) is 5.75 Å². The summed E-state index contributed by atoms with van der Waals surface area (Å²) < 4.78 is 32.2. The van der Waals surface area contributed by atoms with Gasteiger partial charge in [0.1, 0.15) is 17.7 Å². The molecular weight excluding hydrogens is 583 g/mol. The maximum absolute atomic E-state index is 13.8. The molecule has 5 rings (SSSR count). The van der Waals surface area contributed by atoms with E-state index in [0.29, 0.717) is 17.0 Å². The van der Waals surface area contributed by atoms with Crippen LogP contribution in [0.3, 0.4) is 0 Å². The van der Waals surface area contributed by atoms with Gasteiger partial charge in [-0.25, -0.2) is 9.18 Å². The van der Waals surface area contributed by atoms with Crippen LogP contribution in [0.25, 0.3) is 11.1 Å². The van der Waals surface area contributed by atoms with E-state index in [1.807, 2.05) is 53.7 Å². The molecule has 2 aromatic carbocycles. The standard InChI is InChI=1S/C38H49FN2O5/c1-23(2)44-36(43)35(46-37(4,5)6)32-24(3)40-29(22-42)33(34(32)41-19-17-38(7,8)18-20-41)27-12-16-31-26(21-27)11-15-30(45-31)25-9-13-28(39)14-10-25/h9-10,12-14,16,21,23,30,35,42H,11,15,17-20,22H2,1-8H3. The number of ether oxygens (including phenoxy) is 3. The first kappa shape index (κ1) is 33.9. The number of hydrogen-bond donors (Lipinski definition) is 1. The summed E-state index contributed by atoms with van der Waals surface area (Å²) in [6.45, 7) is 17.2. The Labute approximate surface area is 273 Å². The summed E-state index contributed by atoms with van der Waals surface area (Å²) in [6, 6.07) is 12.6. The molecule has 8 heteroatoms. The minimum Gasteiger partial charge on any atom is -0.485 e.